The van der Waals surface area contributed by atoms with Gasteiger partial charge in [0.05, 0.1) is 0 Å². The molecule has 0 spiro atoms. The zero-order chi connectivity index (χ0) is 18.3. The lowest BCUT2D eigenvalue weighted by molar-refractivity contribution is 0.0625. The lowest BCUT2D eigenvalue weighted by atomic mass is 9.84. The van der Waals surface area contributed by atoms with Crippen molar-refractivity contribution in [2.45, 2.75) is 38.5 Å². The molecule has 1 heterocycles. The molecule has 0 aromatic heterocycles. The van der Waals surface area contributed by atoms with E-state index in [-0.39, 0.29) is 5.41 Å². The van der Waals surface area contributed by atoms with Gasteiger partial charge in [0, 0.05) is 50.3 Å². The average molecular weight is 410 g/mol. The van der Waals surface area contributed by atoms with Gasteiger partial charge in [0.2, 0.25) is 0 Å². The molecule has 1 N–H and O–H groups in total. The van der Waals surface area contributed by atoms with E-state index in [1.165, 1.54) is 24.8 Å². The smallest absolute Gasteiger partial charge is 0.193 e. The van der Waals surface area contributed by atoms with Crippen molar-refractivity contribution in [3.8, 4) is 0 Å². The highest BCUT2D eigenvalue weighted by Crippen LogP contribution is 2.29. The van der Waals surface area contributed by atoms with Crippen molar-refractivity contribution in [3.63, 3.8) is 0 Å². The van der Waals surface area contributed by atoms with Gasteiger partial charge in [-0.3, -0.25) is 4.99 Å². The summed E-state index contributed by atoms with van der Waals surface area (Å²) >= 11 is 3.68. The average Bonchev–Trinajstić information content (AvgIpc) is 2.61. The Balaban J connectivity index is 1.87. The topological polar surface area (TPSA) is 36.9 Å². The SMILES string of the molecule is CN=C(NCC(C)(C)c1ccccc1Br)N(C)CCC1CCOCC1. The minimum absolute atomic E-state index is 0.0115. The quantitative estimate of drug-likeness (QED) is 0.568. The molecule has 5 heteroatoms. The second-order valence-corrected chi connectivity index (χ2v) is 8.38. The lowest BCUT2D eigenvalue weighted by Crippen LogP contribution is -2.45. The van der Waals surface area contributed by atoms with Crippen LogP contribution >= 0.6 is 15.9 Å². The fourth-order valence-corrected chi connectivity index (χ4v) is 4.13. The van der Waals surface area contributed by atoms with Crippen LogP contribution in [0, 0.1) is 5.92 Å². The Morgan fingerprint density at radius 1 is 1.32 bits per heavy atom. The zero-order valence-electron chi connectivity index (χ0n) is 16.0. The molecule has 2 rings (SSSR count). The van der Waals surface area contributed by atoms with Crippen LogP contribution in [-0.2, 0) is 10.2 Å². The predicted octanol–water partition coefficient (Wildman–Crippen LogP) is 4.05. The van der Waals surface area contributed by atoms with E-state index >= 15 is 0 Å². The lowest BCUT2D eigenvalue weighted by Gasteiger charge is -2.31. The highest BCUT2D eigenvalue weighted by Gasteiger charge is 2.24. The summed E-state index contributed by atoms with van der Waals surface area (Å²) in [6, 6.07) is 8.44. The van der Waals surface area contributed by atoms with Gasteiger partial charge in [-0.1, -0.05) is 48.0 Å². The van der Waals surface area contributed by atoms with Gasteiger partial charge < -0.3 is 15.0 Å². The van der Waals surface area contributed by atoms with Crippen LogP contribution in [0.5, 0.6) is 0 Å². The summed E-state index contributed by atoms with van der Waals surface area (Å²) in [7, 11) is 3.98. The Morgan fingerprint density at radius 3 is 2.64 bits per heavy atom. The molecule has 0 unspecified atom stereocenters. The normalized spacial score (nSPS) is 16.8. The van der Waals surface area contributed by atoms with Crippen molar-refractivity contribution < 1.29 is 4.74 Å². The van der Waals surface area contributed by atoms with E-state index in [9.17, 15) is 0 Å². The van der Waals surface area contributed by atoms with Gasteiger partial charge in [-0.25, -0.2) is 0 Å². The number of hydrogen-bond donors (Lipinski definition) is 1. The number of aliphatic imine (C=N–C) groups is 1. The summed E-state index contributed by atoms with van der Waals surface area (Å²) in [5.41, 5.74) is 1.32. The van der Waals surface area contributed by atoms with E-state index < -0.39 is 0 Å². The first kappa shape index (κ1) is 20.2. The van der Waals surface area contributed by atoms with Gasteiger partial charge in [-0.15, -0.1) is 0 Å². The molecule has 4 nitrogen and oxygen atoms in total. The fraction of sp³-hybridized carbons (Fsp3) is 0.650. The summed E-state index contributed by atoms with van der Waals surface area (Å²) in [5, 5.41) is 3.55. The maximum Gasteiger partial charge on any atom is 0.193 e. The Hall–Kier alpha value is -1.07. The molecule has 1 fully saturated rings. The van der Waals surface area contributed by atoms with E-state index in [0.717, 1.165) is 42.7 Å². The first-order valence-corrected chi connectivity index (χ1v) is 9.98. The van der Waals surface area contributed by atoms with Gasteiger partial charge in [-0.05, 0) is 36.8 Å². The second kappa shape index (κ2) is 9.58. The third-order valence-electron chi connectivity index (χ3n) is 5.08. The van der Waals surface area contributed by atoms with Gasteiger partial charge >= 0.3 is 0 Å². The third kappa shape index (κ3) is 6.00. The molecule has 1 aliphatic heterocycles. The largest absolute Gasteiger partial charge is 0.381 e. The van der Waals surface area contributed by atoms with Crippen LogP contribution < -0.4 is 5.32 Å². The minimum Gasteiger partial charge on any atom is -0.381 e. The molecule has 0 aliphatic carbocycles. The Bertz CT molecular complexity index is 568. The van der Waals surface area contributed by atoms with Crippen molar-refractivity contribution in [1.82, 2.24) is 10.2 Å². The molecule has 1 saturated heterocycles. The molecule has 140 valence electrons. The van der Waals surface area contributed by atoms with Crippen molar-refractivity contribution in [3.05, 3.63) is 34.3 Å². The maximum absolute atomic E-state index is 5.45. The standard InChI is InChI=1S/C20H32BrN3O/c1-20(2,17-7-5-6-8-18(17)21)15-23-19(22-3)24(4)12-9-16-10-13-25-14-11-16/h5-8,16H,9-15H2,1-4H3,(H,22,23). The van der Waals surface area contributed by atoms with E-state index in [1.54, 1.807) is 0 Å². The highest BCUT2D eigenvalue weighted by atomic mass is 79.9. The zero-order valence-corrected chi connectivity index (χ0v) is 17.6. The Labute approximate surface area is 161 Å². The van der Waals surface area contributed by atoms with Crippen molar-refractivity contribution in [2.75, 3.05) is 40.4 Å². The van der Waals surface area contributed by atoms with Crippen LogP contribution in [0.25, 0.3) is 0 Å². The van der Waals surface area contributed by atoms with Crippen LogP contribution in [0.1, 0.15) is 38.7 Å². The molecule has 0 amide bonds. The van der Waals surface area contributed by atoms with E-state index in [0.29, 0.717) is 0 Å². The molecule has 25 heavy (non-hydrogen) atoms. The molecule has 1 aromatic carbocycles. The van der Waals surface area contributed by atoms with Crippen molar-refractivity contribution in [1.29, 1.82) is 0 Å². The molecule has 0 saturated carbocycles. The molecule has 1 aromatic rings. The summed E-state index contributed by atoms with van der Waals surface area (Å²) in [5.74, 6) is 1.75. The van der Waals surface area contributed by atoms with Crippen LogP contribution in [0.3, 0.4) is 0 Å². The predicted molar refractivity (Wildman–Crippen MR) is 109 cm³/mol. The summed E-state index contributed by atoms with van der Waals surface area (Å²) in [6.45, 7) is 8.22. The maximum atomic E-state index is 5.45. The number of benzene rings is 1. The number of hydrogen-bond acceptors (Lipinski definition) is 2. The second-order valence-electron chi connectivity index (χ2n) is 7.53. The van der Waals surface area contributed by atoms with Gasteiger partial charge in [-0.2, -0.15) is 0 Å². The van der Waals surface area contributed by atoms with Crippen molar-refractivity contribution in [2.24, 2.45) is 10.9 Å². The minimum atomic E-state index is 0.0115. The molecule has 1 aliphatic rings. The van der Waals surface area contributed by atoms with E-state index in [4.69, 9.17) is 4.74 Å². The summed E-state index contributed by atoms with van der Waals surface area (Å²) in [6.07, 6.45) is 3.58. The van der Waals surface area contributed by atoms with Crippen molar-refractivity contribution >= 4 is 21.9 Å². The summed E-state index contributed by atoms with van der Waals surface area (Å²) < 4.78 is 6.61. The van der Waals surface area contributed by atoms with Crippen LogP contribution in [0.15, 0.2) is 33.7 Å². The van der Waals surface area contributed by atoms with Crippen LogP contribution in [0.4, 0.5) is 0 Å². The first-order valence-electron chi connectivity index (χ1n) is 9.18. The van der Waals surface area contributed by atoms with E-state index in [2.05, 4.69) is 76.3 Å². The fourth-order valence-electron chi connectivity index (χ4n) is 3.31. The molecular formula is C20H32BrN3O. The Morgan fingerprint density at radius 2 is 2.00 bits per heavy atom. The summed E-state index contributed by atoms with van der Waals surface area (Å²) in [4.78, 5) is 6.71. The van der Waals surface area contributed by atoms with Gasteiger partial charge in [0.15, 0.2) is 5.96 Å². The number of halogens is 1. The molecule has 0 bridgehead atoms. The molecule has 0 atom stereocenters. The van der Waals surface area contributed by atoms with E-state index in [1.807, 2.05) is 7.05 Å². The third-order valence-corrected chi connectivity index (χ3v) is 5.77. The molecule has 0 radical (unpaired) electrons. The number of rotatable bonds is 6. The number of guanidine groups is 1. The van der Waals surface area contributed by atoms with Crippen LogP contribution in [-0.4, -0.2) is 51.3 Å². The van der Waals surface area contributed by atoms with Gasteiger partial charge in [0.1, 0.15) is 0 Å². The first-order chi connectivity index (χ1) is 11.9. The number of nitrogens with one attached hydrogen (secondary N) is 1. The highest BCUT2D eigenvalue weighted by molar-refractivity contribution is 9.10. The van der Waals surface area contributed by atoms with Crippen LogP contribution in [0.2, 0.25) is 0 Å². The molecular weight excluding hydrogens is 378 g/mol. The number of nitrogens with zero attached hydrogens (tertiary/aromatic N) is 2. The number of ether oxygens (including phenoxy) is 1. The monoisotopic (exact) mass is 409 g/mol. The Kier molecular flexibility index (Phi) is 7.76. The van der Waals surface area contributed by atoms with Gasteiger partial charge in [0.25, 0.3) is 0 Å².